The lowest BCUT2D eigenvalue weighted by Crippen LogP contribution is -2.31. The van der Waals surface area contributed by atoms with Crippen LogP contribution in [-0.4, -0.2) is 36.8 Å². The molecule has 29 heavy (non-hydrogen) atoms. The minimum absolute atomic E-state index is 0.279. The van der Waals surface area contributed by atoms with Gasteiger partial charge in [0, 0.05) is 25.4 Å². The SMILES string of the molecule is COc1cc2c(cc1OC)CN(c1ccc(C(=O)Nc3cc(C)on3)cn1)CC2. The highest BCUT2D eigenvalue weighted by molar-refractivity contribution is 6.03. The number of benzene rings is 1. The summed E-state index contributed by atoms with van der Waals surface area (Å²) < 4.78 is 15.8. The van der Waals surface area contributed by atoms with E-state index in [2.05, 4.69) is 20.4 Å². The number of rotatable bonds is 5. The molecule has 0 spiro atoms. The van der Waals surface area contributed by atoms with Gasteiger partial charge < -0.3 is 24.2 Å². The first-order valence-electron chi connectivity index (χ1n) is 9.27. The summed E-state index contributed by atoms with van der Waals surface area (Å²) in [6.45, 7) is 3.31. The summed E-state index contributed by atoms with van der Waals surface area (Å²) in [5.74, 6) is 3.02. The van der Waals surface area contributed by atoms with Crippen molar-refractivity contribution in [3.8, 4) is 11.5 Å². The van der Waals surface area contributed by atoms with Crippen molar-refractivity contribution in [2.45, 2.75) is 19.9 Å². The maximum absolute atomic E-state index is 12.3. The molecule has 1 aliphatic rings. The number of methoxy groups -OCH3 is 2. The summed E-state index contributed by atoms with van der Waals surface area (Å²) in [7, 11) is 3.28. The number of nitrogens with one attached hydrogen (secondary N) is 1. The molecule has 8 heteroatoms. The third-order valence-corrected chi connectivity index (χ3v) is 4.92. The molecule has 1 N–H and O–H groups in total. The van der Waals surface area contributed by atoms with E-state index in [4.69, 9.17) is 14.0 Å². The van der Waals surface area contributed by atoms with E-state index in [-0.39, 0.29) is 5.91 Å². The van der Waals surface area contributed by atoms with Gasteiger partial charge in [-0.05, 0) is 48.7 Å². The molecule has 1 amide bonds. The second-order valence-corrected chi connectivity index (χ2v) is 6.83. The van der Waals surface area contributed by atoms with Crippen LogP contribution in [0.15, 0.2) is 41.1 Å². The van der Waals surface area contributed by atoms with Crippen molar-refractivity contribution in [2.75, 3.05) is 31.0 Å². The first kappa shape index (κ1) is 18.8. The molecule has 0 radical (unpaired) electrons. The van der Waals surface area contributed by atoms with E-state index in [1.165, 1.54) is 11.1 Å². The van der Waals surface area contributed by atoms with Gasteiger partial charge in [0.15, 0.2) is 17.3 Å². The van der Waals surface area contributed by atoms with E-state index in [9.17, 15) is 4.79 Å². The highest BCUT2D eigenvalue weighted by Gasteiger charge is 2.21. The molecule has 1 aliphatic heterocycles. The van der Waals surface area contributed by atoms with E-state index in [1.807, 2.05) is 18.2 Å². The number of pyridine rings is 1. The van der Waals surface area contributed by atoms with Gasteiger partial charge in [0.2, 0.25) is 0 Å². The fourth-order valence-electron chi connectivity index (χ4n) is 3.40. The molecular weight excluding hydrogens is 372 g/mol. The van der Waals surface area contributed by atoms with Gasteiger partial charge in [-0.1, -0.05) is 5.16 Å². The zero-order valence-electron chi connectivity index (χ0n) is 16.6. The lowest BCUT2D eigenvalue weighted by atomic mass is 9.98. The number of nitrogens with zero attached hydrogens (tertiary/aromatic N) is 3. The Morgan fingerprint density at radius 3 is 2.52 bits per heavy atom. The Bertz CT molecular complexity index is 1030. The summed E-state index contributed by atoms with van der Waals surface area (Å²) in [6, 6.07) is 9.33. The molecule has 3 heterocycles. The van der Waals surface area contributed by atoms with Gasteiger partial charge in [-0.25, -0.2) is 4.98 Å². The molecule has 0 unspecified atom stereocenters. The number of amides is 1. The van der Waals surface area contributed by atoms with Gasteiger partial charge in [0.05, 0.1) is 19.8 Å². The summed E-state index contributed by atoms with van der Waals surface area (Å²) in [5.41, 5.74) is 2.88. The smallest absolute Gasteiger partial charge is 0.258 e. The van der Waals surface area contributed by atoms with Crippen molar-refractivity contribution < 1.29 is 18.8 Å². The van der Waals surface area contributed by atoms with Crippen LogP contribution < -0.4 is 19.7 Å². The van der Waals surface area contributed by atoms with Gasteiger partial charge >= 0.3 is 0 Å². The van der Waals surface area contributed by atoms with E-state index in [1.54, 1.807) is 39.5 Å². The predicted molar refractivity (Wildman–Crippen MR) is 108 cm³/mol. The number of aromatic nitrogens is 2. The molecular formula is C21H22N4O4. The van der Waals surface area contributed by atoms with Crippen LogP contribution in [0.3, 0.4) is 0 Å². The fraction of sp³-hybridized carbons (Fsp3) is 0.286. The van der Waals surface area contributed by atoms with Crippen LogP contribution in [0.2, 0.25) is 0 Å². The molecule has 0 saturated heterocycles. The molecule has 0 bridgehead atoms. The molecule has 150 valence electrons. The zero-order valence-corrected chi connectivity index (χ0v) is 16.6. The first-order valence-corrected chi connectivity index (χ1v) is 9.27. The van der Waals surface area contributed by atoms with Crippen LogP contribution >= 0.6 is 0 Å². The number of ether oxygens (including phenoxy) is 2. The van der Waals surface area contributed by atoms with E-state index in [0.717, 1.165) is 30.3 Å². The van der Waals surface area contributed by atoms with Crippen LogP contribution in [0.4, 0.5) is 11.6 Å². The van der Waals surface area contributed by atoms with Gasteiger partial charge in [-0.15, -0.1) is 0 Å². The normalized spacial score (nSPS) is 13.0. The zero-order chi connectivity index (χ0) is 20.4. The average Bonchev–Trinajstić information content (AvgIpc) is 3.16. The number of anilines is 2. The first-order chi connectivity index (χ1) is 14.1. The lowest BCUT2D eigenvalue weighted by molar-refractivity contribution is 0.102. The Hall–Kier alpha value is -3.55. The maximum atomic E-state index is 12.3. The second-order valence-electron chi connectivity index (χ2n) is 6.83. The van der Waals surface area contributed by atoms with Crippen LogP contribution in [0.25, 0.3) is 0 Å². The number of aryl methyl sites for hydroxylation is 1. The highest BCUT2D eigenvalue weighted by atomic mass is 16.5. The van der Waals surface area contributed by atoms with Crippen molar-refractivity contribution in [1.29, 1.82) is 0 Å². The molecule has 0 atom stereocenters. The predicted octanol–water partition coefficient (Wildman–Crippen LogP) is 3.21. The van der Waals surface area contributed by atoms with Gasteiger partial charge in [-0.2, -0.15) is 0 Å². The van der Waals surface area contributed by atoms with E-state index < -0.39 is 0 Å². The largest absolute Gasteiger partial charge is 0.493 e. The maximum Gasteiger partial charge on any atom is 0.258 e. The molecule has 0 aliphatic carbocycles. The van der Waals surface area contributed by atoms with Gasteiger partial charge in [0.1, 0.15) is 11.6 Å². The second kappa shape index (κ2) is 7.83. The van der Waals surface area contributed by atoms with Gasteiger partial charge in [0.25, 0.3) is 5.91 Å². The Morgan fingerprint density at radius 2 is 1.90 bits per heavy atom. The van der Waals surface area contributed by atoms with Crippen LogP contribution in [0.1, 0.15) is 27.2 Å². The molecule has 0 fully saturated rings. The van der Waals surface area contributed by atoms with Crippen LogP contribution in [0, 0.1) is 6.92 Å². The standard InChI is InChI=1S/C21H22N4O4/c1-13-8-19(24-29-13)23-21(26)15-4-5-20(22-11-15)25-7-6-14-9-17(27-2)18(28-3)10-16(14)12-25/h4-5,8-11H,6-7,12H2,1-3H3,(H,23,24,26). The number of hydrogen-bond acceptors (Lipinski definition) is 7. The minimum Gasteiger partial charge on any atom is -0.493 e. The highest BCUT2D eigenvalue weighted by Crippen LogP contribution is 2.34. The average molecular weight is 394 g/mol. The third-order valence-electron chi connectivity index (χ3n) is 4.92. The number of fused-ring (bicyclic) bond motifs is 1. The quantitative estimate of drug-likeness (QED) is 0.711. The van der Waals surface area contributed by atoms with Crippen LogP contribution in [-0.2, 0) is 13.0 Å². The minimum atomic E-state index is -0.279. The van der Waals surface area contributed by atoms with Crippen molar-refractivity contribution in [2.24, 2.45) is 0 Å². The molecule has 2 aromatic heterocycles. The summed E-state index contributed by atoms with van der Waals surface area (Å²) >= 11 is 0. The number of hydrogen-bond donors (Lipinski definition) is 1. The summed E-state index contributed by atoms with van der Waals surface area (Å²) in [5, 5.41) is 6.46. The van der Waals surface area contributed by atoms with Crippen molar-refractivity contribution >= 4 is 17.5 Å². The van der Waals surface area contributed by atoms with Gasteiger partial charge in [-0.3, -0.25) is 4.79 Å². The van der Waals surface area contributed by atoms with Crippen molar-refractivity contribution in [3.63, 3.8) is 0 Å². The number of carbonyl (C=O) groups is 1. The van der Waals surface area contributed by atoms with E-state index >= 15 is 0 Å². The monoisotopic (exact) mass is 394 g/mol. The molecule has 3 aromatic rings. The van der Waals surface area contributed by atoms with Crippen molar-refractivity contribution in [1.82, 2.24) is 10.1 Å². The summed E-state index contributed by atoms with van der Waals surface area (Å²) in [4.78, 5) is 19.0. The summed E-state index contributed by atoms with van der Waals surface area (Å²) in [6.07, 6.45) is 2.45. The molecule has 8 nitrogen and oxygen atoms in total. The lowest BCUT2D eigenvalue weighted by Gasteiger charge is -2.30. The third kappa shape index (κ3) is 3.87. The fourth-order valence-corrected chi connectivity index (χ4v) is 3.40. The molecule has 4 rings (SSSR count). The van der Waals surface area contributed by atoms with Crippen LogP contribution in [0.5, 0.6) is 11.5 Å². The van der Waals surface area contributed by atoms with E-state index in [0.29, 0.717) is 23.7 Å². The topological polar surface area (TPSA) is 89.7 Å². The Kier molecular flexibility index (Phi) is 5.07. The number of carbonyl (C=O) groups excluding carboxylic acids is 1. The Labute approximate surface area is 168 Å². The molecule has 0 saturated carbocycles. The Morgan fingerprint density at radius 1 is 1.14 bits per heavy atom. The Balaban J connectivity index is 1.48. The van der Waals surface area contributed by atoms with Crippen molar-refractivity contribution in [3.05, 3.63) is 59.0 Å². The molecule has 1 aromatic carbocycles.